The average molecular weight is 407 g/mol. The summed E-state index contributed by atoms with van der Waals surface area (Å²) < 4.78 is 33.7. The first-order valence-corrected chi connectivity index (χ1v) is 11.1. The number of hydrogen-bond acceptors (Lipinski definition) is 5. The summed E-state index contributed by atoms with van der Waals surface area (Å²) in [5.41, 5.74) is 1.10. The van der Waals surface area contributed by atoms with Gasteiger partial charge < -0.3 is 14.1 Å². The van der Waals surface area contributed by atoms with E-state index >= 15 is 0 Å². The zero-order valence-electron chi connectivity index (χ0n) is 15.8. The van der Waals surface area contributed by atoms with Gasteiger partial charge in [-0.15, -0.1) is 0 Å². The quantitative estimate of drug-likeness (QED) is 0.520. The molecule has 0 unspecified atom stereocenters. The molecular formula is C22H21N3O3S. The minimum Gasteiger partial charge on any atom is -0.379 e. The minimum absolute atomic E-state index is 0.143. The summed E-state index contributed by atoms with van der Waals surface area (Å²) in [6.07, 6.45) is 7.48. The first kappa shape index (κ1) is 18.1. The van der Waals surface area contributed by atoms with Crippen molar-refractivity contribution in [2.45, 2.75) is 23.8 Å². The van der Waals surface area contributed by atoms with E-state index in [1.54, 1.807) is 42.7 Å². The molecule has 0 bridgehead atoms. The van der Waals surface area contributed by atoms with Crippen molar-refractivity contribution in [1.29, 1.82) is 0 Å². The second kappa shape index (κ2) is 7.17. The molecule has 0 saturated carbocycles. The Morgan fingerprint density at radius 2 is 1.90 bits per heavy atom. The largest absolute Gasteiger partial charge is 0.379 e. The van der Waals surface area contributed by atoms with Crippen molar-refractivity contribution >= 4 is 31.8 Å². The Balaban J connectivity index is 1.48. The van der Waals surface area contributed by atoms with Crippen LogP contribution in [0.1, 0.15) is 18.9 Å². The van der Waals surface area contributed by atoms with E-state index in [1.807, 2.05) is 18.2 Å². The van der Waals surface area contributed by atoms with Crippen LogP contribution in [-0.2, 0) is 10.1 Å². The van der Waals surface area contributed by atoms with Crippen LogP contribution in [-0.4, -0.2) is 31.1 Å². The van der Waals surface area contributed by atoms with Crippen molar-refractivity contribution in [3.8, 4) is 5.75 Å². The van der Waals surface area contributed by atoms with Crippen molar-refractivity contribution < 1.29 is 12.6 Å². The van der Waals surface area contributed by atoms with Gasteiger partial charge in [0.05, 0.1) is 0 Å². The molecule has 1 fully saturated rings. The molecule has 148 valence electrons. The van der Waals surface area contributed by atoms with Crippen LogP contribution in [0.5, 0.6) is 5.75 Å². The summed E-state index contributed by atoms with van der Waals surface area (Å²) in [4.78, 5) is 4.20. The maximum Gasteiger partial charge on any atom is 0.339 e. The van der Waals surface area contributed by atoms with Crippen LogP contribution in [0, 0.1) is 0 Å². The summed E-state index contributed by atoms with van der Waals surface area (Å²) in [6.45, 7) is 2.04. The third-order valence-corrected chi connectivity index (χ3v) is 6.82. The maximum atomic E-state index is 12.9. The van der Waals surface area contributed by atoms with Crippen LogP contribution in [0.4, 0.5) is 0 Å². The molecule has 3 heterocycles. The molecule has 0 spiro atoms. The first-order valence-electron chi connectivity index (χ1n) is 9.70. The molecule has 0 radical (unpaired) electrons. The van der Waals surface area contributed by atoms with Gasteiger partial charge in [0.25, 0.3) is 0 Å². The third-order valence-electron chi connectivity index (χ3n) is 5.51. The first-order chi connectivity index (χ1) is 14.1. The number of benzene rings is 2. The van der Waals surface area contributed by atoms with Gasteiger partial charge in [0.2, 0.25) is 0 Å². The molecule has 0 aliphatic carbocycles. The molecule has 29 heavy (non-hydrogen) atoms. The van der Waals surface area contributed by atoms with Gasteiger partial charge in [-0.25, -0.2) is 0 Å². The Kier molecular flexibility index (Phi) is 4.49. The lowest BCUT2D eigenvalue weighted by Gasteiger charge is -2.25. The molecule has 1 aliphatic heterocycles. The van der Waals surface area contributed by atoms with Crippen LogP contribution >= 0.6 is 0 Å². The van der Waals surface area contributed by atoms with Crippen molar-refractivity contribution in [2.24, 2.45) is 0 Å². The van der Waals surface area contributed by atoms with Crippen molar-refractivity contribution in [3.05, 3.63) is 67.1 Å². The maximum absolute atomic E-state index is 12.9. The summed E-state index contributed by atoms with van der Waals surface area (Å²) in [5, 5.41) is 5.71. The number of pyridine rings is 1. The van der Waals surface area contributed by atoms with Gasteiger partial charge in [-0.3, -0.25) is 4.98 Å². The molecule has 2 aromatic heterocycles. The fraction of sp³-hybridized carbons (Fsp3) is 0.227. The van der Waals surface area contributed by atoms with E-state index in [0.29, 0.717) is 17.2 Å². The fourth-order valence-electron chi connectivity index (χ4n) is 4.08. The van der Waals surface area contributed by atoms with Crippen LogP contribution in [0.15, 0.2) is 72.0 Å². The zero-order chi connectivity index (χ0) is 19.8. The highest BCUT2D eigenvalue weighted by Gasteiger charge is 2.21. The predicted octanol–water partition coefficient (Wildman–Crippen LogP) is 3.88. The molecule has 1 N–H and O–H groups in total. The molecule has 0 amide bonds. The van der Waals surface area contributed by atoms with E-state index < -0.39 is 10.1 Å². The van der Waals surface area contributed by atoms with Crippen LogP contribution in [0.2, 0.25) is 0 Å². The Hall–Kier alpha value is -2.90. The van der Waals surface area contributed by atoms with Crippen LogP contribution in [0.25, 0.3) is 21.7 Å². The topological polar surface area (TPSA) is 73.2 Å². The predicted molar refractivity (Wildman–Crippen MR) is 113 cm³/mol. The molecule has 4 aromatic rings. The Labute approximate surface area is 169 Å². The third kappa shape index (κ3) is 3.36. The van der Waals surface area contributed by atoms with E-state index in [1.165, 1.54) is 0 Å². The molecule has 1 aliphatic rings. The zero-order valence-corrected chi connectivity index (χ0v) is 16.6. The van der Waals surface area contributed by atoms with Gasteiger partial charge >= 0.3 is 10.1 Å². The summed E-state index contributed by atoms with van der Waals surface area (Å²) in [5.74, 6) is 0.312. The van der Waals surface area contributed by atoms with Crippen molar-refractivity contribution in [3.63, 3.8) is 0 Å². The highest BCUT2D eigenvalue weighted by Crippen LogP contribution is 2.30. The van der Waals surface area contributed by atoms with E-state index in [2.05, 4.69) is 21.1 Å². The summed E-state index contributed by atoms with van der Waals surface area (Å²) in [7, 11) is -3.97. The Morgan fingerprint density at radius 3 is 2.76 bits per heavy atom. The molecule has 1 saturated heterocycles. The van der Waals surface area contributed by atoms with Crippen LogP contribution in [0.3, 0.4) is 0 Å². The molecule has 0 atom stereocenters. The summed E-state index contributed by atoms with van der Waals surface area (Å²) in [6, 6.07) is 14.7. The smallest absolute Gasteiger partial charge is 0.339 e. The van der Waals surface area contributed by atoms with Gasteiger partial charge in [-0.05, 0) is 62.3 Å². The number of nitrogens with zero attached hydrogens (tertiary/aromatic N) is 2. The normalized spacial score (nSPS) is 15.7. The molecular weight excluding hydrogens is 386 g/mol. The number of piperidine rings is 1. The number of nitrogens with one attached hydrogen (secondary N) is 1. The number of fused-ring (bicyclic) bond motifs is 2. The van der Waals surface area contributed by atoms with E-state index in [9.17, 15) is 8.42 Å². The minimum atomic E-state index is -3.97. The van der Waals surface area contributed by atoms with E-state index in [-0.39, 0.29) is 4.90 Å². The van der Waals surface area contributed by atoms with E-state index in [0.717, 1.165) is 42.2 Å². The lowest BCUT2D eigenvalue weighted by molar-refractivity contribution is 0.376. The number of aromatic nitrogens is 2. The van der Waals surface area contributed by atoms with E-state index in [4.69, 9.17) is 4.18 Å². The highest BCUT2D eigenvalue weighted by atomic mass is 32.2. The molecule has 2 aromatic carbocycles. The Morgan fingerprint density at radius 1 is 1.03 bits per heavy atom. The van der Waals surface area contributed by atoms with Gasteiger partial charge in [0.1, 0.15) is 10.6 Å². The van der Waals surface area contributed by atoms with Crippen molar-refractivity contribution in [1.82, 2.24) is 14.9 Å². The molecule has 7 heteroatoms. The second-order valence-corrected chi connectivity index (χ2v) is 8.83. The highest BCUT2D eigenvalue weighted by molar-refractivity contribution is 7.87. The number of hydrogen-bond donors (Lipinski definition) is 1. The molecule has 6 nitrogen and oxygen atoms in total. The Bertz CT molecular complexity index is 1290. The van der Waals surface area contributed by atoms with Crippen LogP contribution < -0.4 is 9.50 Å². The second-order valence-electron chi connectivity index (χ2n) is 7.32. The van der Waals surface area contributed by atoms with Gasteiger partial charge in [-0.1, -0.05) is 12.1 Å². The average Bonchev–Trinajstić information content (AvgIpc) is 3.17. The van der Waals surface area contributed by atoms with Gasteiger partial charge in [0.15, 0.2) is 0 Å². The van der Waals surface area contributed by atoms with Gasteiger partial charge in [0, 0.05) is 46.3 Å². The lowest BCUT2D eigenvalue weighted by atomic mass is 10.1. The standard InChI is InChI=1S/C22H21N3O3S/c26-29(27,22-3-1-2-17-15-24-12-8-20(17)22)28-19-4-5-21-16(14-19)9-13-25(21)18-6-10-23-11-7-18/h1-5,8-9,12-15,18,23H,6-7,10-11H2. The number of rotatable bonds is 4. The SMILES string of the molecule is O=S(=O)(Oc1ccc2c(ccn2C2CCNCC2)c1)c1cccc2cnccc12. The molecule has 5 rings (SSSR count). The van der Waals surface area contributed by atoms with Gasteiger partial charge in [-0.2, -0.15) is 8.42 Å². The summed E-state index contributed by atoms with van der Waals surface area (Å²) >= 11 is 0. The fourth-order valence-corrected chi connectivity index (χ4v) is 5.23. The monoisotopic (exact) mass is 407 g/mol. The van der Waals surface area contributed by atoms with Crippen molar-refractivity contribution in [2.75, 3.05) is 13.1 Å². The lowest BCUT2D eigenvalue weighted by Crippen LogP contribution is -2.29.